The average molecular weight is 359 g/mol. The van der Waals surface area contributed by atoms with Gasteiger partial charge in [-0.3, -0.25) is 14.3 Å². The Morgan fingerprint density at radius 2 is 1.92 bits per heavy atom. The van der Waals surface area contributed by atoms with Crippen molar-refractivity contribution in [2.75, 3.05) is 20.2 Å². The molecule has 0 radical (unpaired) electrons. The van der Waals surface area contributed by atoms with Gasteiger partial charge in [-0.25, -0.2) is 4.79 Å². The van der Waals surface area contributed by atoms with Gasteiger partial charge in [0, 0.05) is 19.6 Å². The topological polar surface area (TPSA) is 93.5 Å². The Kier molecular flexibility index (Phi) is 6.36. The molecular weight excluding hydrogens is 336 g/mol. The normalized spacial score (nSPS) is 11.1. The minimum atomic E-state index is -0.730. The van der Waals surface area contributed by atoms with Crippen LogP contribution in [-0.4, -0.2) is 58.2 Å². The molecule has 0 saturated carbocycles. The Morgan fingerprint density at radius 3 is 2.38 bits per heavy atom. The summed E-state index contributed by atoms with van der Waals surface area (Å²) in [6.07, 6.45) is 0. The lowest BCUT2D eigenvalue weighted by atomic mass is 10.1. The SMILES string of the molecule is Cc1nn(C)c(Cl)c1C(=O)OCC(=O)N(C)CC(=O)NC(C)(C)C. The van der Waals surface area contributed by atoms with Gasteiger partial charge in [0.1, 0.15) is 10.7 Å². The van der Waals surface area contributed by atoms with Gasteiger partial charge in [0.25, 0.3) is 5.91 Å². The van der Waals surface area contributed by atoms with E-state index in [-0.39, 0.29) is 28.7 Å². The van der Waals surface area contributed by atoms with Gasteiger partial charge in [-0.1, -0.05) is 11.6 Å². The second kappa shape index (κ2) is 7.65. The summed E-state index contributed by atoms with van der Waals surface area (Å²) >= 11 is 5.97. The number of esters is 1. The summed E-state index contributed by atoms with van der Waals surface area (Å²) in [6.45, 7) is 6.54. The van der Waals surface area contributed by atoms with Crippen LogP contribution in [0.15, 0.2) is 0 Å². The molecule has 1 aromatic rings. The van der Waals surface area contributed by atoms with E-state index in [1.165, 1.54) is 16.6 Å². The quantitative estimate of drug-likeness (QED) is 0.790. The maximum absolute atomic E-state index is 12.0. The number of amides is 2. The number of aryl methyl sites for hydroxylation is 2. The van der Waals surface area contributed by atoms with Crippen LogP contribution in [0.2, 0.25) is 5.15 Å². The average Bonchev–Trinajstić information content (AvgIpc) is 2.66. The van der Waals surface area contributed by atoms with Gasteiger partial charge in [0.2, 0.25) is 5.91 Å². The van der Waals surface area contributed by atoms with Crippen LogP contribution in [0.4, 0.5) is 0 Å². The van der Waals surface area contributed by atoms with E-state index in [9.17, 15) is 14.4 Å². The first-order chi connectivity index (χ1) is 10.9. The maximum Gasteiger partial charge on any atom is 0.343 e. The van der Waals surface area contributed by atoms with E-state index in [0.717, 1.165) is 0 Å². The summed E-state index contributed by atoms with van der Waals surface area (Å²) < 4.78 is 6.31. The van der Waals surface area contributed by atoms with Crippen LogP contribution in [0.25, 0.3) is 0 Å². The molecule has 0 aliphatic rings. The molecule has 0 aromatic carbocycles. The van der Waals surface area contributed by atoms with Crippen molar-refractivity contribution in [1.82, 2.24) is 20.0 Å². The van der Waals surface area contributed by atoms with Crippen LogP contribution in [0.3, 0.4) is 0 Å². The maximum atomic E-state index is 12.0. The first-order valence-electron chi connectivity index (χ1n) is 7.33. The molecule has 0 unspecified atom stereocenters. The molecule has 0 aliphatic carbocycles. The summed E-state index contributed by atoms with van der Waals surface area (Å²) in [6, 6.07) is 0. The van der Waals surface area contributed by atoms with Crippen molar-refractivity contribution < 1.29 is 19.1 Å². The fourth-order valence-electron chi connectivity index (χ4n) is 1.93. The molecule has 1 heterocycles. The predicted molar refractivity (Wildman–Crippen MR) is 88.8 cm³/mol. The van der Waals surface area contributed by atoms with E-state index in [4.69, 9.17) is 16.3 Å². The molecule has 134 valence electrons. The molecule has 0 aliphatic heterocycles. The van der Waals surface area contributed by atoms with Crippen LogP contribution in [0.1, 0.15) is 36.8 Å². The molecule has 0 atom stereocenters. The van der Waals surface area contributed by atoms with E-state index in [0.29, 0.717) is 5.69 Å². The molecule has 0 saturated heterocycles. The van der Waals surface area contributed by atoms with Crippen LogP contribution in [0.5, 0.6) is 0 Å². The number of rotatable bonds is 5. The highest BCUT2D eigenvalue weighted by Crippen LogP contribution is 2.19. The zero-order valence-corrected chi connectivity index (χ0v) is 15.5. The Hall–Kier alpha value is -2.09. The minimum absolute atomic E-state index is 0.125. The van der Waals surface area contributed by atoms with Crippen molar-refractivity contribution in [2.24, 2.45) is 7.05 Å². The van der Waals surface area contributed by atoms with Crippen LogP contribution in [0, 0.1) is 6.92 Å². The number of hydrogen-bond acceptors (Lipinski definition) is 5. The lowest BCUT2D eigenvalue weighted by Gasteiger charge is -2.23. The van der Waals surface area contributed by atoms with Gasteiger partial charge in [-0.15, -0.1) is 0 Å². The second-order valence-corrected chi connectivity index (χ2v) is 6.86. The number of hydrogen-bond donors (Lipinski definition) is 1. The van der Waals surface area contributed by atoms with Crippen LogP contribution < -0.4 is 5.32 Å². The molecule has 1 N–H and O–H groups in total. The Morgan fingerprint density at radius 1 is 1.33 bits per heavy atom. The lowest BCUT2D eigenvalue weighted by molar-refractivity contribution is -0.137. The predicted octanol–water partition coefficient (Wildman–Crippen LogP) is 0.912. The van der Waals surface area contributed by atoms with Crippen molar-refractivity contribution in [3.05, 3.63) is 16.4 Å². The molecule has 1 aromatic heterocycles. The molecule has 0 fully saturated rings. The third kappa shape index (κ3) is 5.52. The number of ether oxygens (including phenoxy) is 1. The number of nitrogens with zero attached hydrogens (tertiary/aromatic N) is 3. The monoisotopic (exact) mass is 358 g/mol. The number of likely N-dealkylation sites (N-methyl/N-ethyl adjacent to an activating group) is 1. The van der Waals surface area contributed by atoms with E-state index in [1.807, 2.05) is 20.8 Å². The third-order valence-electron chi connectivity index (χ3n) is 3.00. The molecule has 2 amide bonds. The fraction of sp³-hybridized carbons (Fsp3) is 0.600. The van der Waals surface area contributed by atoms with Crippen LogP contribution in [-0.2, 0) is 21.4 Å². The van der Waals surface area contributed by atoms with Crippen LogP contribution >= 0.6 is 11.6 Å². The number of aromatic nitrogens is 2. The van der Waals surface area contributed by atoms with Gasteiger partial charge in [0.05, 0.1) is 12.2 Å². The van der Waals surface area contributed by atoms with Crippen molar-refractivity contribution in [1.29, 1.82) is 0 Å². The van der Waals surface area contributed by atoms with E-state index >= 15 is 0 Å². The van der Waals surface area contributed by atoms with E-state index < -0.39 is 18.5 Å². The minimum Gasteiger partial charge on any atom is -0.452 e. The summed E-state index contributed by atoms with van der Waals surface area (Å²) in [5.74, 6) is -1.52. The molecular formula is C15H23ClN4O4. The highest BCUT2D eigenvalue weighted by Gasteiger charge is 2.23. The Labute approximate surface area is 146 Å². The first kappa shape index (κ1) is 20.0. The zero-order valence-electron chi connectivity index (χ0n) is 14.8. The van der Waals surface area contributed by atoms with Gasteiger partial charge in [0.15, 0.2) is 6.61 Å². The fourth-order valence-corrected chi connectivity index (χ4v) is 2.18. The number of halogens is 1. The molecule has 1 rings (SSSR count). The third-order valence-corrected chi connectivity index (χ3v) is 3.44. The smallest absolute Gasteiger partial charge is 0.343 e. The number of nitrogens with one attached hydrogen (secondary N) is 1. The summed E-state index contributed by atoms with van der Waals surface area (Å²) in [4.78, 5) is 37.0. The molecule has 0 spiro atoms. The highest BCUT2D eigenvalue weighted by atomic mass is 35.5. The summed E-state index contributed by atoms with van der Waals surface area (Å²) in [5, 5.41) is 6.89. The Balaban J connectivity index is 2.56. The lowest BCUT2D eigenvalue weighted by Crippen LogP contribution is -2.46. The summed E-state index contributed by atoms with van der Waals surface area (Å²) in [7, 11) is 3.06. The largest absolute Gasteiger partial charge is 0.452 e. The standard InChI is InChI=1S/C15H23ClN4O4/c1-9-12(13(16)20(6)18-9)14(23)24-8-11(22)19(5)7-10(21)17-15(2,3)4/h7-8H2,1-6H3,(H,17,21). The van der Waals surface area contributed by atoms with Crippen molar-refractivity contribution in [3.63, 3.8) is 0 Å². The highest BCUT2D eigenvalue weighted by molar-refractivity contribution is 6.32. The van der Waals surface area contributed by atoms with Gasteiger partial charge < -0.3 is 15.0 Å². The van der Waals surface area contributed by atoms with Gasteiger partial charge in [-0.2, -0.15) is 5.10 Å². The van der Waals surface area contributed by atoms with E-state index in [1.54, 1.807) is 14.0 Å². The second-order valence-electron chi connectivity index (χ2n) is 6.50. The zero-order chi connectivity index (χ0) is 18.7. The molecule has 8 nitrogen and oxygen atoms in total. The van der Waals surface area contributed by atoms with Crippen molar-refractivity contribution in [3.8, 4) is 0 Å². The number of carbonyl (C=O) groups is 3. The van der Waals surface area contributed by atoms with Gasteiger partial charge in [-0.05, 0) is 27.7 Å². The molecule has 0 bridgehead atoms. The molecule has 24 heavy (non-hydrogen) atoms. The van der Waals surface area contributed by atoms with Crippen molar-refractivity contribution in [2.45, 2.75) is 33.2 Å². The van der Waals surface area contributed by atoms with Gasteiger partial charge >= 0.3 is 5.97 Å². The Bertz CT molecular complexity index is 649. The van der Waals surface area contributed by atoms with Crippen molar-refractivity contribution >= 4 is 29.4 Å². The van der Waals surface area contributed by atoms with E-state index in [2.05, 4.69) is 10.4 Å². The molecule has 9 heteroatoms. The first-order valence-corrected chi connectivity index (χ1v) is 7.71. The summed E-state index contributed by atoms with van der Waals surface area (Å²) in [5.41, 5.74) is 0.153. The number of carbonyl (C=O) groups excluding carboxylic acids is 3.